The van der Waals surface area contributed by atoms with Gasteiger partial charge in [0.2, 0.25) is 0 Å². The van der Waals surface area contributed by atoms with Crippen LogP contribution in [0.2, 0.25) is 0 Å². The summed E-state index contributed by atoms with van der Waals surface area (Å²) in [5.41, 5.74) is 0. The molecule has 0 saturated carbocycles. The van der Waals surface area contributed by atoms with Crippen molar-refractivity contribution in [1.82, 2.24) is 0 Å². The fourth-order valence-electron chi connectivity index (χ4n) is 0. The molecule has 0 radical (unpaired) electrons. The van der Waals surface area contributed by atoms with Crippen molar-refractivity contribution in [2.45, 2.75) is 0 Å². The quantitative estimate of drug-likeness (QED) is 0.118. The average Bonchev–Trinajstić information content (AvgIpc) is 1.94. The van der Waals surface area contributed by atoms with Crippen LogP contribution in [0.4, 0.5) is 0 Å². The van der Waals surface area contributed by atoms with Crippen molar-refractivity contribution in [2.24, 2.45) is 0 Å². The summed E-state index contributed by atoms with van der Waals surface area (Å²) in [6, 6.07) is 0. The molecule has 0 spiro atoms. The van der Waals surface area contributed by atoms with Crippen molar-refractivity contribution in [3.05, 3.63) is 0 Å². The first-order valence-electron chi connectivity index (χ1n) is 2.66. The minimum absolute atomic E-state index is 0. The molecule has 0 aromatic rings. The molecular weight excluding hydrogens is 469 g/mol. The Bertz CT molecular complexity index is 214. The average molecular weight is 482 g/mol. The summed E-state index contributed by atoms with van der Waals surface area (Å²) in [5, 5.41) is 0. The van der Waals surface area contributed by atoms with E-state index in [-0.39, 0.29) is 88.7 Å². The second-order valence-electron chi connectivity index (χ2n) is 1.15. The molecule has 0 unspecified atom stereocenters. The van der Waals surface area contributed by atoms with Crippen molar-refractivity contribution in [3.63, 3.8) is 0 Å². The standard InChI is InChI=1S/3Na.5H2O3S.3H/c;;;5*1-4(2)3;;;/h;;;5*(H2,1,2,3);;;. The van der Waals surface area contributed by atoms with Gasteiger partial charge in [-0.05, 0) is 0 Å². The van der Waals surface area contributed by atoms with Crippen LogP contribution in [0.1, 0.15) is 0 Å². The van der Waals surface area contributed by atoms with E-state index in [0.717, 1.165) is 0 Å². The monoisotopic (exact) mass is 482 g/mol. The van der Waals surface area contributed by atoms with Gasteiger partial charge in [0.05, 0.1) is 0 Å². The van der Waals surface area contributed by atoms with Crippen LogP contribution < -0.4 is 0 Å². The van der Waals surface area contributed by atoms with Gasteiger partial charge in [-0.25, -0.2) is 0 Å². The van der Waals surface area contributed by atoms with E-state index in [1.807, 2.05) is 0 Å². The molecule has 15 nitrogen and oxygen atoms in total. The summed E-state index contributed by atoms with van der Waals surface area (Å²) in [4.78, 5) is 0. The molecule has 0 bridgehead atoms. The molecular formula is H13Na3O15S5. The Morgan fingerprint density at radius 1 is 0.304 bits per heavy atom. The van der Waals surface area contributed by atoms with Crippen molar-refractivity contribution in [1.29, 1.82) is 0 Å². The Kier molecular flexibility index (Phi) is 97.6. The predicted molar refractivity (Wildman–Crippen MR) is 88.4 cm³/mol. The predicted octanol–water partition coefficient (Wildman–Crippen LogP) is -3.54. The van der Waals surface area contributed by atoms with Gasteiger partial charge in [-0.15, -0.1) is 0 Å². The van der Waals surface area contributed by atoms with Crippen LogP contribution in [-0.2, 0) is 56.8 Å². The molecule has 0 aliphatic carbocycles. The van der Waals surface area contributed by atoms with Crippen molar-refractivity contribution in [2.75, 3.05) is 0 Å². The summed E-state index contributed by atoms with van der Waals surface area (Å²) in [5.74, 6) is 0. The molecule has 0 saturated heterocycles. The molecule has 0 atom stereocenters. The van der Waals surface area contributed by atoms with E-state index in [0.29, 0.717) is 0 Å². The van der Waals surface area contributed by atoms with Crippen LogP contribution >= 0.6 is 0 Å². The van der Waals surface area contributed by atoms with Gasteiger partial charge in [0.15, 0.2) is 0 Å². The van der Waals surface area contributed by atoms with Gasteiger partial charge in [0.1, 0.15) is 0 Å². The topological polar surface area (TPSA) is 288 Å². The number of hydrogen-bond acceptors (Lipinski definition) is 5. The maximum atomic E-state index is 8.67. The second kappa shape index (κ2) is 44.6. The fourth-order valence-corrected chi connectivity index (χ4v) is 0. The van der Waals surface area contributed by atoms with Gasteiger partial charge in [0.25, 0.3) is 56.8 Å². The van der Waals surface area contributed by atoms with Crippen molar-refractivity contribution >= 4 is 145 Å². The molecule has 0 aliphatic heterocycles. The third-order valence-electron chi connectivity index (χ3n) is 0. The molecule has 0 fully saturated rings. The molecule has 23 heteroatoms. The Morgan fingerprint density at radius 2 is 0.304 bits per heavy atom. The zero-order valence-electron chi connectivity index (χ0n) is 8.55. The van der Waals surface area contributed by atoms with Crippen LogP contribution in [0.25, 0.3) is 0 Å². The molecule has 10 N–H and O–H groups in total. The van der Waals surface area contributed by atoms with E-state index in [1.165, 1.54) is 0 Å². The first-order valence-corrected chi connectivity index (χ1v) is 7.98. The summed E-state index contributed by atoms with van der Waals surface area (Å²) in [7, 11) is 0. The van der Waals surface area contributed by atoms with Crippen LogP contribution in [0.15, 0.2) is 0 Å². The van der Waals surface area contributed by atoms with Gasteiger partial charge in [-0.1, -0.05) is 0 Å². The number of hydrogen-bond donors (Lipinski definition) is 10. The Hall–Kier alpha value is 3.35. The van der Waals surface area contributed by atoms with Gasteiger partial charge in [-0.2, -0.15) is 21.0 Å². The van der Waals surface area contributed by atoms with Crippen LogP contribution in [0.3, 0.4) is 0 Å². The Balaban J connectivity index is -0.0000000197. The molecule has 0 aliphatic rings. The molecule has 0 heterocycles. The summed E-state index contributed by atoms with van der Waals surface area (Å²) >= 11 is -13.1. The number of rotatable bonds is 0. The van der Waals surface area contributed by atoms with E-state index < -0.39 is 56.8 Å². The van der Waals surface area contributed by atoms with Crippen LogP contribution in [-0.4, -0.2) is 155 Å². The normalized spacial score (nSPS) is 7.61. The molecule has 0 amide bonds. The third kappa shape index (κ3) is 1230. The summed E-state index contributed by atoms with van der Waals surface area (Å²) in [6.07, 6.45) is 0. The SMILES string of the molecule is O=S(O)O.O=S(O)O.O=S(O)O.O=S(O)O.O=S(O)O.[NaH].[NaH].[NaH]. The van der Waals surface area contributed by atoms with Crippen molar-refractivity contribution in [3.8, 4) is 0 Å². The summed E-state index contributed by atoms with van der Waals surface area (Å²) in [6.45, 7) is 0. The molecule has 0 rings (SSSR count). The molecule has 0 aromatic heterocycles. The Labute approximate surface area is 209 Å². The van der Waals surface area contributed by atoms with Crippen molar-refractivity contribution < 1.29 is 66.6 Å². The molecule has 23 heavy (non-hydrogen) atoms. The van der Waals surface area contributed by atoms with Crippen LogP contribution in [0.5, 0.6) is 0 Å². The summed E-state index contributed by atoms with van der Waals surface area (Å²) < 4.78 is 114. The van der Waals surface area contributed by atoms with Gasteiger partial charge in [-0.3, -0.25) is 45.5 Å². The Morgan fingerprint density at radius 3 is 0.304 bits per heavy atom. The zero-order chi connectivity index (χ0) is 17.9. The van der Waals surface area contributed by atoms with E-state index in [2.05, 4.69) is 0 Å². The van der Waals surface area contributed by atoms with E-state index >= 15 is 0 Å². The minimum atomic E-state index is -2.61. The molecule has 0 aromatic carbocycles. The van der Waals surface area contributed by atoms with E-state index in [9.17, 15) is 0 Å². The third-order valence-corrected chi connectivity index (χ3v) is 0. The van der Waals surface area contributed by atoms with Gasteiger partial charge >= 0.3 is 88.7 Å². The first-order chi connectivity index (χ1) is 8.66. The zero-order valence-corrected chi connectivity index (χ0v) is 12.6. The fraction of sp³-hybridized carbons (Fsp3) is 0. The van der Waals surface area contributed by atoms with Crippen LogP contribution in [0, 0.1) is 0 Å². The maximum absolute atomic E-state index is 8.67. The molecule has 136 valence electrons. The van der Waals surface area contributed by atoms with E-state index in [4.69, 9.17) is 66.6 Å². The first kappa shape index (κ1) is 50.3. The van der Waals surface area contributed by atoms with Gasteiger partial charge < -0.3 is 0 Å². The van der Waals surface area contributed by atoms with E-state index in [1.54, 1.807) is 0 Å². The second-order valence-corrected chi connectivity index (χ2v) is 3.46. The van der Waals surface area contributed by atoms with Gasteiger partial charge in [0, 0.05) is 0 Å².